The van der Waals surface area contributed by atoms with E-state index in [9.17, 15) is 40.2 Å². The molecule has 0 saturated carbocycles. The Morgan fingerprint density at radius 1 is 0.605 bits per heavy atom. The standard InChI is InChI=1S/C28H34O15/c1-37-15-9-5-3-7-13(15)25(35)39-11-17-19(29)21(31)23(33)27(41-17)43-28-24(34)22(32)20(30)18(42-28)12-40-26(36)14-8-4-6-10-16(14)38-2/h3-10,17-24,27-34H,11-12H2,1-2H3/t17-,18-,19-,20-,21+,22+,23-,24-,27-,28-/m1/s1. The SMILES string of the molecule is COc1ccccc1C(=O)OC[C@H]1O[C@H](O[C@H]2O[C@H](COC(=O)c3ccccc3OC)[C@@H](O)[C@H](O)[C@H]2O)[C@H](O)[C@@H](O)[C@@H]1O. The molecule has 2 fully saturated rings. The lowest BCUT2D eigenvalue weighted by Gasteiger charge is -2.44. The lowest BCUT2D eigenvalue weighted by molar-refractivity contribution is -0.376. The highest BCUT2D eigenvalue weighted by Gasteiger charge is 2.50. The Kier molecular flexibility index (Phi) is 10.9. The number of rotatable bonds is 10. The molecular weight excluding hydrogens is 576 g/mol. The van der Waals surface area contributed by atoms with Crippen LogP contribution in [0.2, 0.25) is 0 Å². The number of para-hydroxylation sites is 2. The molecule has 2 heterocycles. The van der Waals surface area contributed by atoms with Gasteiger partial charge in [-0.05, 0) is 24.3 Å². The summed E-state index contributed by atoms with van der Waals surface area (Å²) in [6.07, 6.45) is -17.2. The van der Waals surface area contributed by atoms with E-state index in [1.807, 2.05) is 0 Å². The van der Waals surface area contributed by atoms with Gasteiger partial charge in [-0.15, -0.1) is 0 Å². The van der Waals surface area contributed by atoms with Gasteiger partial charge in [-0.3, -0.25) is 0 Å². The van der Waals surface area contributed by atoms with Gasteiger partial charge in [0, 0.05) is 0 Å². The van der Waals surface area contributed by atoms with Crippen molar-refractivity contribution in [2.75, 3.05) is 27.4 Å². The third-order valence-corrected chi connectivity index (χ3v) is 7.02. The third-order valence-electron chi connectivity index (χ3n) is 7.02. The van der Waals surface area contributed by atoms with E-state index in [0.717, 1.165) is 0 Å². The molecule has 0 aliphatic carbocycles. The highest BCUT2D eigenvalue weighted by molar-refractivity contribution is 5.93. The van der Waals surface area contributed by atoms with E-state index in [2.05, 4.69) is 0 Å². The summed E-state index contributed by atoms with van der Waals surface area (Å²) < 4.78 is 37.2. The molecular formula is C28H34O15. The second-order valence-electron chi connectivity index (χ2n) is 9.76. The molecule has 0 radical (unpaired) electrons. The normalized spacial score (nSPS) is 32.5. The lowest BCUT2D eigenvalue weighted by Crippen LogP contribution is -2.64. The second kappa shape index (κ2) is 14.4. The number of methoxy groups -OCH3 is 2. The van der Waals surface area contributed by atoms with Crippen molar-refractivity contribution in [3.63, 3.8) is 0 Å². The fraction of sp³-hybridized carbons (Fsp3) is 0.500. The first-order valence-electron chi connectivity index (χ1n) is 13.2. The number of benzene rings is 2. The molecule has 4 rings (SSSR count). The maximum atomic E-state index is 12.6. The van der Waals surface area contributed by atoms with E-state index in [4.69, 9.17) is 33.2 Å². The quantitative estimate of drug-likeness (QED) is 0.166. The van der Waals surface area contributed by atoms with E-state index in [1.165, 1.54) is 26.4 Å². The van der Waals surface area contributed by atoms with Crippen LogP contribution in [0, 0.1) is 0 Å². The van der Waals surface area contributed by atoms with E-state index < -0.39 is 86.6 Å². The molecule has 15 nitrogen and oxygen atoms in total. The summed E-state index contributed by atoms with van der Waals surface area (Å²) in [6.45, 7) is -1.17. The Hall–Kier alpha value is -3.38. The average Bonchev–Trinajstić information content (AvgIpc) is 3.03. The molecule has 0 spiro atoms. The summed E-state index contributed by atoms with van der Waals surface area (Å²) in [7, 11) is 2.74. The number of aliphatic hydroxyl groups excluding tert-OH is 6. The van der Waals surface area contributed by atoms with Crippen LogP contribution in [-0.2, 0) is 23.7 Å². The van der Waals surface area contributed by atoms with Crippen molar-refractivity contribution >= 4 is 11.9 Å². The smallest absolute Gasteiger partial charge is 0.342 e. The number of aliphatic hydroxyl groups is 6. The minimum atomic E-state index is -1.88. The number of hydrogen-bond donors (Lipinski definition) is 6. The van der Waals surface area contributed by atoms with Crippen molar-refractivity contribution in [2.24, 2.45) is 0 Å². The monoisotopic (exact) mass is 610 g/mol. The van der Waals surface area contributed by atoms with Gasteiger partial charge in [0.25, 0.3) is 0 Å². The highest BCUT2D eigenvalue weighted by Crippen LogP contribution is 2.29. The number of ether oxygens (including phenoxy) is 7. The van der Waals surface area contributed by atoms with Crippen LogP contribution in [0.15, 0.2) is 48.5 Å². The van der Waals surface area contributed by atoms with Crippen LogP contribution < -0.4 is 9.47 Å². The largest absolute Gasteiger partial charge is 0.496 e. The molecule has 2 aromatic carbocycles. The molecule has 236 valence electrons. The number of hydrogen-bond acceptors (Lipinski definition) is 15. The Morgan fingerprint density at radius 3 is 1.35 bits per heavy atom. The third kappa shape index (κ3) is 7.23. The predicted octanol–water partition coefficient (Wildman–Crippen LogP) is -1.65. The van der Waals surface area contributed by atoms with E-state index in [1.54, 1.807) is 36.4 Å². The van der Waals surface area contributed by atoms with Crippen LogP contribution in [0.1, 0.15) is 20.7 Å². The molecule has 0 aromatic heterocycles. The van der Waals surface area contributed by atoms with Gasteiger partial charge in [0.05, 0.1) is 14.2 Å². The Labute approximate surface area is 245 Å². The molecule has 2 aromatic rings. The van der Waals surface area contributed by atoms with Crippen molar-refractivity contribution in [1.29, 1.82) is 0 Å². The highest BCUT2D eigenvalue weighted by atomic mass is 16.8. The van der Waals surface area contributed by atoms with E-state index >= 15 is 0 Å². The van der Waals surface area contributed by atoms with Gasteiger partial charge in [0.1, 0.15) is 84.7 Å². The number of carbonyl (C=O) groups excluding carboxylic acids is 2. The second-order valence-corrected chi connectivity index (χ2v) is 9.76. The van der Waals surface area contributed by atoms with Gasteiger partial charge < -0.3 is 63.8 Å². The summed E-state index contributed by atoms with van der Waals surface area (Å²) >= 11 is 0. The molecule has 15 heteroatoms. The first kappa shape index (κ1) is 32.5. The van der Waals surface area contributed by atoms with Crippen molar-refractivity contribution in [3.8, 4) is 11.5 Å². The fourth-order valence-electron chi connectivity index (χ4n) is 4.56. The molecule has 2 saturated heterocycles. The van der Waals surface area contributed by atoms with E-state index in [0.29, 0.717) is 0 Å². The van der Waals surface area contributed by atoms with Gasteiger partial charge in [0.15, 0.2) is 12.6 Å². The zero-order valence-corrected chi connectivity index (χ0v) is 23.2. The molecule has 0 amide bonds. The van der Waals surface area contributed by atoms with Crippen molar-refractivity contribution < 1.29 is 73.4 Å². The summed E-state index contributed by atoms with van der Waals surface area (Å²) in [5.41, 5.74) is 0.180. The van der Waals surface area contributed by atoms with Crippen LogP contribution in [-0.4, -0.2) is 131 Å². The minimum absolute atomic E-state index is 0.0902. The summed E-state index contributed by atoms with van der Waals surface area (Å²) in [5.74, 6) is -1.16. The first-order chi connectivity index (χ1) is 20.6. The van der Waals surface area contributed by atoms with Crippen LogP contribution in [0.4, 0.5) is 0 Å². The van der Waals surface area contributed by atoms with Crippen LogP contribution in [0.25, 0.3) is 0 Å². The Morgan fingerprint density at radius 2 is 0.977 bits per heavy atom. The zero-order valence-electron chi connectivity index (χ0n) is 23.2. The van der Waals surface area contributed by atoms with Crippen molar-refractivity contribution in [2.45, 2.75) is 61.4 Å². The van der Waals surface area contributed by atoms with Gasteiger partial charge in [-0.2, -0.15) is 0 Å². The van der Waals surface area contributed by atoms with Gasteiger partial charge >= 0.3 is 11.9 Å². The molecule has 6 N–H and O–H groups in total. The van der Waals surface area contributed by atoms with Crippen LogP contribution in [0.5, 0.6) is 11.5 Å². The Balaban J connectivity index is 1.40. The van der Waals surface area contributed by atoms with Crippen LogP contribution >= 0.6 is 0 Å². The molecule has 2 aliphatic heterocycles. The fourth-order valence-corrected chi connectivity index (χ4v) is 4.56. The van der Waals surface area contributed by atoms with Gasteiger partial charge in [-0.1, -0.05) is 24.3 Å². The van der Waals surface area contributed by atoms with Gasteiger partial charge in [-0.25, -0.2) is 9.59 Å². The predicted molar refractivity (Wildman–Crippen MR) is 141 cm³/mol. The summed E-state index contributed by atoms with van der Waals surface area (Å²) in [5, 5.41) is 62.6. The molecule has 43 heavy (non-hydrogen) atoms. The summed E-state index contributed by atoms with van der Waals surface area (Å²) in [4.78, 5) is 25.1. The average molecular weight is 611 g/mol. The maximum Gasteiger partial charge on any atom is 0.342 e. The van der Waals surface area contributed by atoms with Crippen LogP contribution in [0.3, 0.4) is 0 Å². The van der Waals surface area contributed by atoms with Gasteiger partial charge in [0.2, 0.25) is 0 Å². The molecule has 2 aliphatic rings. The first-order valence-corrected chi connectivity index (χ1v) is 13.2. The van der Waals surface area contributed by atoms with E-state index in [-0.39, 0.29) is 22.6 Å². The zero-order chi connectivity index (χ0) is 31.3. The molecule has 10 atom stereocenters. The Bertz CT molecular complexity index is 1150. The lowest BCUT2D eigenvalue weighted by atomic mass is 9.98. The minimum Gasteiger partial charge on any atom is -0.496 e. The number of esters is 2. The van der Waals surface area contributed by atoms with Crippen molar-refractivity contribution in [1.82, 2.24) is 0 Å². The topological polar surface area (TPSA) is 220 Å². The summed E-state index contributed by atoms with van der Waals surface area (Å²) in [6, 6.07) is 12.5. The molecule has 0 bridgehead atoms. The number of carbonyl (C=O) groups is 2. The van der Waals surface area contributed by atoms with Crippen molar-refractivity contribution in [3.05, 3.63) is 59.7 Å². The maximum absolute atomic E-state index is 12.6. The molecule has 0 unspecified atom stereocenters.